The number of aliphatic hydroxyl groups is 2. The molecule has 0 aliphatic rings. The van der Waals surface area contributed by atoms with E-state index >= 15 is 0 Å². The van der Waals surface area contributed by atoms with Crippen LogP contribution >= 0.6 is 0 Å². The molecule has 5 nitrogen and oxygen atoms in total. The van der Waals surface area contributed by atoms with Crippen molar-refractivity contribution in [3.8, 4) is 0 Å². The first-order valence-corrected chi connectivity index (χ1v) is 5.77. The summed E-state index contributed by atoms with van der Waals surface area (Å²) >= 11 is 0. The van der Waals surface area contributed by atoms with Gasteiger partial charge in [-0.3, -0.25) is 10.1 Å². The molecule has 96 valence electrons. The lowest BCUT2D eigenvalue weighted by molar-refractivity contribution is -0.122. The van der Waals surface area contributed by atoms with Crippen LogP contribution in [-0.2, 0) is 4.79 Å². The average Bonchev–Trinajstić information content (AvgIpc) is 2.22. The largest absolute Gasteiger partial charge is 0.389 e. The van der Waals surface area contributed by atoms with Gasteiger partial charge >= 0.3 is 0 Å². The number of carbonyl (C=O) groups excluding carboxylic acids is 1. The first-order chi connectivity index (χ1) is 7.38. The second kappa shape index (κ2) is 7.60. The Morgan fingerprint density at radius 3 is 2.25 bits per heavy atom. The molecule has 3 atom stereocenters. The average molecular weight is 232 g/mol. The molecule has 0 heterocycles. The highest BCUT2D eigenvalue weighted by Gasteiger charge is 2.21. The maximum atomic E-state index is 11.3. The summed E-state index contributed by atoms with van der Waals surface area (Å²) < 4.78 is 0. The van der Waals surface area contributed by atoms with Gasteiger partial charge in [0.15, 0.2) is 0 Å². The fourth-order valence-corrected chi connectivity index (χ4v) is 1.24. The topological polar surface area (TPSA) is 81.6 Å². The van der Waals surface area contributed by atoms with E-state index in [-0.39, 0.29) is 24.4 Å². The Balaban J connectivity index is 3.88. The molecule has 0 aromatic carbocycles. The SMILES string of the molecule is CCC(C)C(O)[C@H](O)NCC(=O)NC(C)C. The third kappa shape index (κ3) is 6.05. The predicted molar refractivity (Wildman–Crippen MR) is 62.8 cm³/mol. The summed E-state index contributed by atoms with van der Waals surface area (Å²) in [5.41, 5.74) is 0. The van der Waals surface area contributed by atoms with E-state index in [1.165, 1.54) is 0 Å². The van der Waals surface area contributed by atoms with Gasteiger partial charge < -0.3 is 15.5 Å². The van der Waals surface area contributed by atoms with Gasteiger partial charge in [-0.2, -0.15) is 0 Å². The van der Waals surface area contributed by atoms with Crippen LogP contribution in [0.3, 0.4) is 0 Å². The zero-order valence-corrected chi connectivity index (χ0v) is 10.5. The summed E-state index contributed by atoms with van der Waals surface area (Å²) in [5, 5.41) is 24.5. The zero-order valence-electron chi connectivity index (χ0n) is 10.5. The van der Waals surface area contributed by atoms with Crippen LogP contribution in [-0.4, -0.2) is 41.0 Å². The molecule has 0 fully saturated rings. The van der Waals surface area contributed by atoms with Crippen LogP contribution in [0.1, 0.15) is 34.1 Å². The molecular formula is C11H24N2O3. The second-order valence-corrected chi connectivity index (χ2v) is 4.42. The minimum Gasteiger partial charge on any atom is -0.389 e. The lowest BCUT2D eigenvalue weighted by Gasteiger charge is -2.23. The van der Waals surface area contributed by atoms with Gasteiger partial charge in [-0.1, -0.05) is 20.3 Å². The van der Waals surface area contributed by atoms with Crippen molar-refractivity contribution in [2.45, 2.75) is 52.5 Å². The van der Waals surface area contributed by atoms with Crippen LogP contribution in [0.25, 0.3) is 0 Å². The Bertz CT molecular complexity index is 209. The minimum absolute atomic E-state index is 0.00402. The van der Waals surface area contributed by atoms with Crippen LogP contribution in [0, 0.1) is 5.92 Å². The molecule has 16 heavy (non-hydrogen) atoms. The van der Waals surface area contributed by atoms with E-state index in [0.29, 0.717) is 0 Å². The summed E-state index contributed by atoms with van der Waals surface area (Å²) in [6, 6.07) is 0.0749. The quantitative estimate of drug-likeness (QED) is 0.459. The molecule has 0 saturated carbocycles. The molecule has 0 saturated heterocycles. The van der Waals surface area contributed by atoms with E-state index in [1.807, 2.05) is 27.7 Å². The van der Waals surface area contributed by atoms with Crippen LogP contribution in [0.2, 0.25) is 0 Å². The molecule has 0 aromatic heterocycles. The number of nitrogens with one attached hydrogen (secondary N) is 2. The van der Waals surface area contributed by atoms with Crippen molar-refractivity contribution in [3.05, 3.63) is 0 Å². The number of amides is 1. The lowest BCUT2D eigenvalue weighted by atomic mass is 10.0. The summed E-state index contributed by atoms with van der Waals surface area (Å²) in [6.45, 7) is 7.52. The fourth-order valence-electron chi connectivity index (χ4n) is 1.24. The van der Waals surface area contributed by atoms with Crippen molar-refractivity contribution in [3.63, 3.8) is 0 Å². The van der Waals surface area contributed by atoms with E-state index in [9.17, 15) is 15.0 Å². The Hall–Kier alpha value is -0.650. The van der Waals surface area contributed by atoms with Crippen LogP contribution in [0.4, 0.5) is 0 Å². The van der Waals surface area contributed by atoms with Crippen molar-refractivity contribution < 1.29 is 15.0 Å². The molecule has 0 aliphatic carbocycles. The van der Waals surface area contributed by atoms with Gasteiger partial charge in [0.05, 0.1) is 12.6 Å². The van der Waals surface area contributed by atoms with Gasteiger partial charge in [0.1, 0.15) is 6.23 Å². The van der Waals surface area contributed by atoms with E-state index in [2.05, 4.69) is 10.6 Å². The molecule has 0 aromatic rings. The monoisotopic (exact) mass is 232 g/mol. The van der Waals surface area contributed by atoms with Crippen molar-refractivity contribution in [1.82, 2.24) is 10.6 Å². The third-order valence-corrected chi connectivity index (χ3v) is 2.47. The highest BCUT2D eigenvalue weighted by Crippen LogP contribution is 2.09. The number of aliphatic hydroxyl groups excluding tert-OH is 2. The molecule has 0 bridgehead atoms. The highest BCUT2D eigenvalue weighted by atomic mass is 16.3. The Labute approximate surface area is 97.2 Å². The Morgan fingerprint density at radius 1 is 1.25 bits per heavy atom. The van der Waals surface area contributed by atoms with Crippen molar-refractivity contribution in [2.75, 3.05) is 6.54 Å². The molecule has 1 amide bonds. The number of rotatable bonds is 7. The van der Waals surface area contributed by atoms with Crippen LogP contribution in [0.5, 0.6) is 0 Å². The normalized spacial score (nSPS) is 16.9. The van der Waals surface area contributed by atoms with E-state index in [4.69, 9.17) is 0 Å². The van der Waals surface area contributed by atoms with Gasteiger partial charge in [0, 0.05) is 6.04 Å². The molecule has 2 unspecified atom stereocenters. The standard InChI is InChI=1S/C11H24N2O3/c1-5-8(4)10(15)11(16)12-6-9(14)13-7(2)3/h7-8,10-12,15-16H,5-6H2,1-4H3,(H,13,14)/t8?,10?,11-/m0/s1. The first kappa shape index (κ1) is 15.3. The third-order valence-electron chi connectivity index (χ3n) is 2.47. The molecule has 0 radical (unpaired) electrons. The molecule has 0 rings (SSSR count). The lowest BCUT2D eigenvalue weighted by Crippen LogP contribution is -2.47. The molecule has 0 spiro atoms. The molecule has 4 N–H and O–H groups in total. The van der Waals surface area contributed by atoms with Gasteiger partial charge in [0.2, 0.25) is 5.91 Å². The van der Waals surface area contributed by atoms with Gasteiger partial charge in [0.25, 0.3) is 0 Å². The van der Waals surface area contributed by atoms with Crippen LogP contribution in [0.15, 0.2) is 0 Å². The number of hydrogen-bond acceptors (Lipinski definition) is 4. The summed E-state index contributed by atoms with van der Waals surface area (Å²) in [4.78, 5) is 11.3. The smallest absolute Gasteiger partial charge is 0.234 e. The van der Waals surface area contributed by atoms with E-state index < -0.39 is 12.3 Å². The highest BCUT2D eigenvalue weighted by molar-refractivity contribution is 5.78. The maximum absolute atomic E-state index is 11.3. The molecular weight excluding hydrogens is 208 g/mol. The predicted octanol–water partition coefficient (Wildman–Crippen LogP) is -0.174. The number of carbonyl (C=O) groups is 1. The van der Waals surface area contributed by atoms with Crippen molar-refractivity contribution in [1.29, 1.82) is 0 Å². The minimum atomic E-state index is -1.06. The maximum Gasteiger partial charge on any atom is 0.234 e. The summed E-state index contributed by atoms with van der Waals surface area (Å²) in [6.07, 6.45) is -1.14. The fraction of sp³-hybridized carbons (Fsp3) is 0.909. The molecule has 5 heteroatoms. The zero-order chi connectivity index (χ0) is 12.7. The van der Waals surface area contributed by atoms with E-state index in [1.54, 1.807) is 0 Å². The first-order valence-electron chi connectivity index (χ1n) is 5.77. The van der Waals surface area contributed by atoms with Crippen molar-refractivity contribution in [2.24, 2.45) is 5.92 Å². The number of hydrogen-bond donors (Lipinski definition) is 4. The summed E-state index contributed by atoms with van der Waals surface area (Å²) in [5.74, 6) is -0.193. The van der Waals surface area contributed by atoms with Gasteiger partial charge in [-0.05, 0) is 19.8 Å². The van der Waals surface area contributed by atoms with Crippen molar-refractivity contribution >= 4 is 5.91 Å². The Kier molecular flexibility index (Phi) is 7.29. The van der Waals surface area contributed by atoms with E-state index in [0.717, 1.165) is 6.42 Å². The van der Waals surface area contributed by atoms with Gasteiger partial charge in [-0.15, -0.1) is 0 Å². The summed E-state index contributed by atoms with van der Waals surface area (Å²) in [7, 11) is 0. The molecule has 0 aliphatic heterocycles. The second-order valence-electron chi connectivity index (χ2n) is 4.42. The Morgan fingerprint density at radius 2 is 1.81 bits per heavy atom. The van der Waals surface area contributed by atoms with Crippen LogP contribution < -0.4 is 10.6 Å². The van der Waals surface area contributed by atoms with Gasteiger partial charge in [-0.25, -0.2) is 0 Å².